The summed E-state index contributed by atoms with van der Waals surface area (Å²) in [6, 6.07) is 3.49. The monoisotopic (exact) mass is 307 g/mol. The van der Waals surface area contributed by atoms with Gasteiger partial charge in [-0.15, -0.1) is 11.3 Å². The van der Waals surface area contributed by atoms with E-state index in [-0.39, 0.29) is 23.8 Å². The Morgan fingerprint density at radius 2 is 2.29 bits per heavy atom. The van der Waals surface area contributed by atoms with Crippen molar-refractivity contribution in [3.63, 3.8) is 0 Å². The first kappa shape index (κ1) is 14.5. The molecule has 2 aliphatic rings. The summed E-state index contributed by atoms with van der Waals surface area (Å²) in [7, 11) is 0. The highest BCUT2D eigenvalue weighted by Gasteiger charge is 2.38. The van der Waals surface area contributed by atoms with Gasteiger partial charge in [0.25, 0.3) is 0 Å². The summed E-state index contributed by atoms with van der Waals surface area (Å²) >= 11 is 1.52. The van der Waals surface area contributed by atoms with Gasteiger partial charge in [0.2, 0.25) is 11.8 Å². The molecule has 2 heterocycles. The fraction of sp³-hybridized carbons (Fsp3) is 0.600. The Labute approximate surface area is 128 Å². The third-order valence-corrected chi connectivity index (χ3v) is 5.30. The Kier molecular flexibility index (Phi) is 4.26. The van der Waals surface area contributed by atoms with Crippen molar-refractivity contribution in [2.24, 2.45) is 11.7 Å². The van der Waals surface area contributed by atoms with Crippen molar-refractivity contribution < 1.29 is 9.59 Å². The van der Waals surface area contributed by atoms with E-state index in [1.165, 1.54) is 11.3 Å². The third-order valence-electron chi connectivity index (χ3n) is 4.37. The molecule has 5 nitrogen and oxygen atoms in total. The average molecular weight is 307 g/mol. The minimum atomic E-state index is -0.468. The molecule has 0 radical (unpaired) electrons. The lowest BCUT2D eigenvalue weighted by Gasteiger charge is -2.38. The van der Waals surface area contributed by atoms with Gasteiger partial charge in [-0.25, -0.2) is 0 Å². The number of amides is 2. The van der Waals surface area contributed by atoms with Gasteiger partial charge in [0.05, 0.1) is 0 Å². The molecule has 3 rings (SSSR count). The Hall–Kier alpha value is -1.40. The predicted molar refractivity (Wildman–Crippen MR) is 81.7 cm³/mol. The van der Waals surface area contributed by atoms with Gasteiger partial charge in [0.15, 0.2) is 0 Å². The zero-order valence-corrected chi connectivity index (χ0v) is 12.8. The zero-order valence-electron chi connectivity index (χ0n) is 12.0. The molecule has 1 aromatic rings. The van der Waals surface area contributed by atoms with Crippen LogP contribution in [-0.4, -0.2) is 35.8 Å². The lowest BCUT2D eigenvalue weighted by Crippen LogP contribution is -2.54. The van der Waals surface area contributed by atoms with Crippen molar-refractivity contribution in [1.82, 2.24) is 10.2 Å². The van der Waals surface area contributed by atoms with E-state index in [1.54, 1.807) is 4.90 Å². The van der Waals surface area contributed by atoms with Crippen LogP contribution in [-0.2, 0) is 9.59 Å². The molecule has 1 aliphatic carbocycles. The van der Waals surface area contributed by atoms with E-state index in [0.29, 0.717) is 13.1 Å². The lowest BCUT2D eigenvalue weighted by atomic mass is 9.85. The van der Waals surface area contributed by atoms with E-state index >= 15 is 0 Å². The summed E-state index contributed by atoms with van der Waals surface area (Å²) in [6.45, 7) is 1.12. The molecule has 1 saturated heterocycles. The number of nitrogens with zero attached hydrogens (tertiary/aromatic N) is 1. The van der Waals surface area contributed by atoms with E-state index in [4.69, 9.17) is 5.73 Å². The molecule has 0 aromatic carbocycles. The van der Waals surface area contributed by atoms with Gasteiger partial charge in [-0.3, -0.25) is 9.59 Å². The number of rotatable bonds is 2. The van der Waals surface area contributed by atoms with Crippen molar-refractivity contribution in [2.45, 2.75) is 37.8 Å². The number of nitrogens with two attached hydrogens (primary N) is 1. The van der Waals surface area contributed by atoms with Gasteiger partial charge in [-0.1, -0.05) is 12.5 Å². The molecule has 1 aromatic heterocycles. The Balaban J connectivity index is 1.80. The van der Waals surface area contributed by atoms with Crippen LogP contribution in [0.4, 0.5) is 0 Å². The van der Waals surface area contributed by atoms with E-state index < -0.39 is 6.04 Å². The van der Waals surface area contributed by atoms with E-state index in [9.17, 15) is 9.59 Å². The quantitative estimate of drug-likeness (QED) is 0.864. The second kappa shape index (κ2) is 6.15. The molecule has 3 N–H and O–H groups in total. The Morgan fingerprint density at radius 1 is 1.43 bits per heavy atom. The number of hydrogen-bond acceptors (Lipinski definition) is 4. The van der Waals surface area contributed by atoms with Gasteiger partial charge in [-0.2, -0.15) is 0 Å². The van der Waals surface area contributed by atoms with Crippen LogP contribution >= 0.6 is 11.3 Å². The summed E-state index contributed by atoms with van der Waals surface area (Å²) in [4.78, 5) is 27.8. The number of carbonyl (C=O) groups excluding carboxylic acids is 2. The maximum absolute atomic E-state index is 12.8. The lowest BCUT2D eigenvalue weighted by molar-refractivity contribution is -0.147. The summed E-state index contributed by atoms with van der Waals surface area (Å²) in [5.74, 6) is -0.00216. The molecular formula is C15H21N3O2S. The average Bonchev–Trinajstić information content (AvgIpc) is 3.00. The second-order valence-electron chi connectivity index (χ2n) is 5.86. The van der Waals surface area contributed by atoms with Gasteiger partial charge < -0.3 is 16.0 Å². The number of nitrogens with one attached hydrogen (secondary N) is 1. The Bertz CT molecular complexity index is 517. The normalized spacial score (nSPS) is 30.0. The van der Waals surface area contributed by atoms with Crippen molar-refractivity contribution in [3.05, 3.63) is 22.4 Å². The smallest absolute Gasteiger partial charge is 0.248 e. The standard InChI is InChI=1S/C15H21N3O2S/c16-11-4-1-3-10(9-11)15(20)18-7-6-17-14(19)13(18)12-5-2-8-21-12/h2,5,8,10-11,13H,1,3-4,6-7,9,16H2,(H,17,19). The summed E-state index contributed by atoms with van der Waals surface area (Å²) in [5.41, 5.74) is 6.00. The van der Waals surface area contributed by atoms with Crippen molar-refractivity contribution in [1.29, 1.82) is 0 Å². The Morgan fingerprint density at radius 3 is 3.00 bits per heavy atom. The molecule has 3 unspecified atom stereocenters. The largest absolute Gasteiger partial charge is 0.352 e. The van der Waals surface area contributed by atoms with Crippen LogP contribution in [0.2, 0.25) is 0 Å². The maximum Gasteiger partial charge on any atom is 0.248 e. The predicted octanol–water partition coefficient (Wildman–Crippen LogP) is 1.27. The van der Waals surface area contributed by atoms with Gasteiger partial charge >= 0.3 is 0 Å². The first-order valence-electron chi connectivity index (χ1n) is 7.54. The van der Waals surface area contributed by atoms with Crippen LogP contribution in [0.3, 0.4) is 0 Å². The molecule has 6 heteroatoms. The minimum absolute atomic E-state index is 0.0258. The topological polar surface area (TPSA) is 75.4 Å². The summed E-state index contributed by atoms with van der Waals surface area (Å²) < 4.78 is 0. The van der Waals surface area contributed by atoms with Gasteiger partial charge in [0, 0.05) is 29.9 Å². The molecule has 1 saturated carbocycles. The molecule has 114 valence electrons. The van der Waals surface area contributed by atoms with Crippen LogP contribution in [0.1, 0.15) is 36.6 Å². The molecule has 0 bridgehead atoms. The maximum atomic E-state index is 12.8. The molecule has 3 atom stereocenters. The third kappa shape index (κ3) is 2.96. The molecule has 2 amide bonds. The van der Waals surface area contributed by atoms with Crippen molar-refractivity contribution >= 4 is 23.2 Å². The molecule has 21 heavy (non-hydrogen) atoms. The highest BCUT2D eigenvalue weighted by atomic mass is 32.1. The molecule has 2 fully saturated rings. The fourth-order valence-electron chi connectivity index (χ4n) is 3.32. The van der Waals surface area contributed by atoms with Crippen molar-refractivity contribution in [3.8, 4) is 0 Å². The molecular weight excluding hydrogens is 286 g/mol. The number of carbonyl (C=O) groups is 2. The van der Waals surface area contributed by atoms with E-state index in [2.05, 4.69) is 5.32 Å². The summed E-state index contributed by atoms with van der Waals surface area (Å²) in [6.07, 6.45) is 3.63. The van der Waals surface area contributed by atoms with Crippen LogP contribution in [0.15, 0.2) is 17.5 Å². The van der Waals surface area contributed by atoms with Crippen LogP contribution in [0.5, 0.6) is 0 Å². The fourth-order valence-corrected chi connectivity index (χ4v) is 4.15. The molecule has 1 aliphatic heterocycles. The van der Waals surface area contributed by atoms with Gasteiger partial charge in [0.1, 0.15) is 6.04 Å². The number of thiophene rings is 1. The van der Waals surface area contributed by atoms with Crippen LogP contribution in [0.25, 0.3) is 0 Å². The summed E-state index contributed by atoms with van der Waals surface area (Å²) in [5, 5.41) is 4.81. The highest BCUT2D eigenvalue weighted by Crippen LogP contribution is 2.32. The first-order chi connectivity index (χ1) is 10.2. The van der Waals surface area contributed by atoms with Crippen LogP contribution < -0.4 is 11.1 Å². The first-order valence-corrected chi connectivity index (χ1v) is 8.42. The van der Waals surface area contributed by atoms with Gasteiger partial charge in [-0.05, 0) is 30.7 Å². The number of hydrogen-bond donors (Lipinski definition) is 2. The molecule has 0 spiro atoms. The van der Waals surface area contributed by atoms with Crippen LogP contribution in [0, 0.1) is 5.92 Å². The second-order valence-corrected chi connectivity index (χ2v) is 6.84. The SMILES string of the molecule is NC1CCCC(C(=O)N2CCNC(=O)C2c2cccs2)C1. The highest BCUT2D eigenvalue weighted by molar-refractivity contribution is 7.10. The zero-order chi connectivity index (χ0) is 14.8. The number of piperazine rings is 1. The minimum Gasteiger partial charge on any atom is -0.352 e. The van der Waals surface area contributed by atoms with Crippen molar-refractivity contribution in [2.75, 3.05) is 13.1 Å². The van der Waals surface area contributed by atoms with E-state index in [1.807, 2.05) is 17.5 Å². The van der Waals surface area contributed by atoms with E-state index in [0.717, 1.165) is 30.6 Å².